The summed E-state index contributed by atoms with van der Waals surface area (Å²) in [7, 11) is 0. The predicted octanol–water partition coefficient (Wildman–Crippen LogP) is 1.31. The van der Waals surface area contributed by atoms with Gasteiger partial charge in [-0.2, -0.15) is 0 Å². The SMILES string of the molecule is CC1CN(c2ccc3ncc(C(C=NC4CC(NO)C4)=CN)nc3c2)CCN1. The highest BCUT2D eigenvalue weighted by Crippen LogP contribution is 2.24. The lowest BCUT2D eigenvalue weighted by Gasteiger charge is -2.33. The third kappa shape index (κ3) is 3.99. The first-order chi connectivity index (χ1) is 13.7. The lowest BCUT2D eigenvalue weighted by atomic mass is 9.88. The van der Waals surface area contributed by atoms with Gasteiger partial charge in [-0.05, 0) is 38.0 Å². The van der Waals surface area contributed by atoms with Crippen molar-refractivity contribution in [2.75, 3.05) is 24.5 Å². The topological polar surface area (TPSA) is 112 Å². The second-order valence-corrected chi connectivity index (χ2v) is 7.58. The predicted molar refractivity (Wildman–Crippen MR) is 112 cm³/mol. The summed E-state index contributed by atoms with van der Waals surface area (Å²) in [5.41, 5.74) is 12.4. The highest BCUT2D eigenvalue weighted by molar-refractivity contribution is 6.09. The third-order valence-electron chi connectivity index (χ3n) is 5.46. The second-order valence-electron chi connectivity index (χ2n) is 7.58. The van der Waals surface area contributed by atoms with Crippen LogP contribution in [0.25, 0.3) is 16.6 Å². The maximum atomic E-state index is 8.88. The third-order valence-corrected chi connectivity index (χ3v) is 5.46. The van der Waals surface area contributed by atoms with E-state index in [0.717, 1.165) is 54.8 Å². The maximum Gasteiger partial charge on any atom is 0.0922 e. The number of benzene rings is 1. The molecule has 8 heteroatoms. The Balaban J connectivity index is 1.54. The molecule has 1 aliphatic carbocycles. The zero-order valence-corrected chi connectivity index (χ0v) is 16.0. The van der Waals surface area contributed by atoms with E-state index in [1.165, 1.54) is 6.20 Å². The average molecular weight is 381 g/mol. The van der Waals surface area contributed by atoms with Gasteiger partial charge >= 0.3 is 0 Å². The van der Waals surface area contributed by atoms with Crippen LogP contribution in [0, 0.1) is 0 Å². The number of aromatic nitrogens is 2. The number of piperazine rings is 1. The van der Waals surface area contributed by atoms with E-state index in [9.17, 15) is 0 Å². The summed E-state index contributed by atoms with van der Waals surface area (Å²) < 4.78 is 0. The molecule has 2 fully saturated rings. The first-order valence-corrected chi connectivity index (χ1v) is 9.76. The van der Waals surface area contributed by atoms with Gasteiger partial charge in [0.2, 0.25) is 0 Å². The van der Waals surface area contributed by atoms with Crippen molar-refractivity contribution < 1.29 is 5.21 Å². The summed E-state index contributed by atoms with van der Waals surface area (Å²) in [5.74, 6) is 0. The minimum absolute atomic E-state index is 0.138. The molecule has 2 aliphatic rings. The summed E-state index contributed by atoms with van der Waals surface area (Å²) in [5, 5.41) is 12.3. The first kappa shape index (κ1) is 18.8. The highest BCUT2D eigenvalue weighted by atomic mass is 16.5. The van der Waals surface area contributed by atoms with Gasteiger partial charge < -0.3 is 21.2 Å². The standard InChI is InChI=1S/C20H27N7O/c1-13-12-27(5-4-22-13)17-2-3-18-19(8-17)25-20(11-24-18)14(9-21)10-23-15-6-16(7-15)26-28/h2-3,8-11,13,15-16,22,26,28H,4-7,12,21H2,1H3. The minimum Gasteiger partial charge on any atom is -0.404 e. The molecule has 1 saturated carbocycles. The lowest BCUT2D eigenvalue weighted by molar-refractivity contribution is 0.0801. The largest absolute Gasteiger partial charge is 0.404 e. The summed E-state index contributed by atoms with van der Waals surface area (Å²) in [6, 6.07) is 7.03. The van der Waals surface area contributed by atoms with Crippen molar-refractivity contribution in [1.29, 1.82) is 0 Å². The van der Waals surface area contributed by atoms with Gasteiger partial charge in [0.05, 0.1) is 29.0 Å². The summed E-state index contributed by atoms with van der Waals surface area (Å²) >= 11 is 0. The first-order valence-electron chi connectivity index (χ1n) is 9.76. The van der Waals surface area contributed by atoms with Crippen LogP contribution in [0.4, 0.5) is 5.69 Å². The van der Waals surface area contributed by atoms with Crippen molar-refractivity contribution in [3.8, 4) is 0 Å². The van der Waals surface area contributed by atoms with Crippen molar-refractivity contribution in [3.05, 3.63) is 36.3 Å². The van der Waals surface area contributed by atoms with Gasteiger partial charge in [0, 0.05) is 55.4 Å². The molecule has 1 aliphatic heterocycles. The van der Waals surface area contributed by atoms with Gasteiger partial charge in [0.25, 0.3) is 0 Å². The molecule has 1 saturated heterocycles. The number of nitrogens with one attached hydrogen (secondary N) is 2. The molecule has 0 radical (unpaired) electrons. The van der Waals surface area contributed by atoms with E-state index in [4.69, 9.17) is 15.9 Å². The molecule has 1 aromatic heterocycles. The van der Waals surface area contributed by atoms with Crippen LogP contribution in [0.15, 0.2) is 35.6 Å². The van der Waals surface area contributed by atoms with E-state index in [-0.39, 0.29) is 12.1 Å². The van der Waals surface area contributed by atoms with E-state index < -0.39 is 0 Å². The van der Waals surface area contributed by atoms with E-state index in [2.05, 4.69) is 44.7 Å². The lowest BCUT2D eigenvalue weighted by Crippen LogP contribution is -2.49. The Morgan fingerprint density at radius 2 is 2.25 bits per heavy atom. The number of anilines is 1. The fourth-order valence-corrected chi connectivity index (χ4v) is 3.70. The minimum atomic E-state index is 0.138. The van der Waals surface area contributed by atoms with Crippen LogP contribution in [0.3, 0.4) is 0 Å². The van der Waals surface area contributed by atoms with E-state index >= 15 is 0 Å². The van der Waals surface area contributed by atoms with E-state index in [0.29, 0.717) is 11.7 Å². The van der Waals surface area contributed by atoms with Crippen molar-refractivity contribution >= 4 is 28.5 Å². The smallest absolute Gasteiger partial charge is 0.0922 e. The second kappa shape index (κ2) is 8.22. The maximum absolute atomic E-state index is 8.88. The van der Waals surface area contributed by atoms with Crippen LogP contribution in [0.5, 0.6) is 0 Å². The fraction of sp³-hybridized carbons (Fsp3) is 0.450. The zero-order valence-electron chi connectivity index (χ0n) is 16.0. The van der Waals surface area contributed by atoms with Crippen molar-refractivity contribution in [2.24, 2.45) is 10.7 Å². The Morgan fingerprint density at radius 1 is 1.39 bits per heavy atom. The molecule has 1 unspecified atom stereocenters. The number of rotatable bonds is 5. The molecule has 28 heavy (non-hydrogen) atoms. The van der Waals surface area contributed by atoms with Crippen molar-refractivity contribution in [3.63, 3.8) is 0 Å². The van der Waals surface area contributed by atoms with Gasteiger partial charge in [0.1, 0.15) is 0 Å². The molecule has 1 atom stereocenters. The molecule has 8 nitrogen and oxygen atoms in total. The Morgan fingerprint density at radius 3 is 3.00 bits per heavy atom. The molecule has 2 heterocycles. The summed E-state index contributed by atoms with van der Waals surface area (Å²) in [6.07, 6.45) is 6.65. The molecular formula is C20H27N7O. The molecular weight excluding hydrogens is 354 g/mol. The van der Waals surface area contributed by atoms with Gasteiger partial charge in [0.15, 0.2) is 0 Å². The molecule has 0 spiro atoms. The molecule has 1 aromatic carbocycles. The van der Waals surface area contributed by atoms with Crippen LogP contribution in [-0.2, 0) is 0 Å². The summed E-state index contributed by atoms with van der Waals surface area (Å²) in [6.45, 7) is 5.14. The normalized spacial score (nSPS) is 26.0. The van der Waals surface area contributed by atoms with Gasteiger partial charge in [-0.3, -0.25) is 9.98 Å². The number of hydrogen-bond acceptors (Lipinski definition) is 8. The van der Waals surface area contributed by atoms with Gasteiger partial charge in [-0.1, -0.05) is 0 Å². The van der Waals surface area contributed by atoms with Crippen molar-refractivity contribution in [2.45, 2.75) is 37.9 Å². The molecule has 0 bridgehead atoms. The van der Waals surface area contributed by atoms with Crippen LogP contribution in [0.2, 0.25) is 0 Å². The molecule has 4 rings (SSSR count). The number of fused-ring (bicyclic) bond motifs is 1. The zero-order chi connectivity index (χ0) is 19.5. The molecule has 2 aromatic rings. The monoisotopic (exact) mass is 381 g/mol. The fourth-order valence-electron chi connectivity index (χ4n) is 3.70. The molecule has 148 valence electrons. The van der Waals surface area contributed by atoms with E-state index in [1.54, 1.807) is 12.4 Å². The number of aliphatic imine (C=N–C) groups is 1. The Hall–Kier alpha value is -2.55. The van der Waals surface area contributed by atoms with Gasteiger partial charge in [-0.25, -0.2) is 10.5 Å². The van der Waals surface area contributed by atoms with Crippen LogP contribution >= 0.6 is 0 Å². The Kier molecular flexibility index (Phi) is 5.52. The number of allylic oxidation sites excluding steroid dienone is 1. The number of hydroxylamine groups is 1. The Labute approximate surface area is 164 Å². The number of hydrogen-bond donors (Lipinski definition) is 4. The van der Waals surface area contributed by atoms with Crippen molar-refractivity contribution in [1.82, 2.24) is 20.8 Å². The number of nitrogens with two attached hydrogens (primary N) is 1. The Bertz CT molecular complexity index is 891. The molecule has 5 N–H and O–H groups in total. The van der Waals surface area contributed by atoms with Crippen LogP contribution < -0.4 is 21.4 Å². The van der Waals surface area contributed by atoms with Crippen LogP contribution in [0.1, 0.15) is 25.5 Å². The highest BCUT2D eigenvalue weighted by Gasteiger charge is 2.27. The molecule has 0 amide bonds. The number of nitrogens with zero attached hydrogens (tertiary/aromatic N) is 4. The quantitative estimate of drug-likeness (QED) is 0.456. The van der Waals surface area contributed by atoms with E-state index in [1.807, 2.05) is 6.07 Å². The average Bonchev–Trinajstić information content (AvgIpc) is 2.69. The van der Waals surface area contributed by atoms with Crippen LogP contribution in [-0.4, -0.2) is 59.1 Å². The summed E-state index contributed by atoms with van der Waals surface area (Å²) in [4.78, 5) is 16.2. The van der Waals surface area contributed by atoms with Gasteiger partial charge in [-0.15, -0.1) is 0 Å².